The maximum absolute atomic E-state index is 11.5. The number of rotatable bonds is 6. The fraction of sp³-hybridized carbons (Fsp3) is 0.545. The average Bonchev–Trinajstić information content (AvgIpc) is 2.65. The molecule has 0 unspecified atom stereocenters. The molecule has 0 radical (unpaired) electrons. The van der Waals surface area contributed by atoms with Crippen molar-refractivity contribution in [2.75, 3.05) is 5.33 Å². The summed E-state index contributed by atoms with van der Waals surface area (Å²) < 4.78 is 0. The zero-order chi connectivity index (χ0) is 9.52. The zero-order valence-corrected chi connectivity index (χ0v) is 9.35. The van der Waals surface area contributed by atoms with Crippen LogP contribution in [-0.2, 0) is 4.79 Å². The Bertz CT molecular complexity index is 228. The van der Waals surface area contributed by atoms with E-state index in [0.717, 1.165) is 36.6 Å². The lowest BCUT2D eigenvalue weighted by Crippen LogP contribution is -2.00. The minimum Gasteiger partial charge on any atom is -0.295 e. The van der Waals surface area contributed by atoms with E-state index in [4.69, 9.17) is 0 Å². The number of carbonyl (C=O) groups is 1. The summed E-state index contributed by atoms with van der Waals surface area (Å²) >= 11 is 3.38. The topological polar surface area (TPSA) is 17.1 Å². The van der Waals surface area contributed by atoms with Crippen molar-refractivity contribution in [3.63, 3.8) is 0 Å². The molecule has 1 rings (SSSR count). The molecule has 0 heterocycles. The Morgan fingerprint density at radius 1 is 1.38 bits per heavy atom. The second kappa shape index (κ2) is 6.14. The first kappa shape index (κ1) is 10.7. The largest absolute Gasteiger partial charge is 0.295 e. The van der Waals surface area contributed by atoms with Gasteiger partial charge in [-0.2, -0.15) is 0 Å². The van der Waals surface area contributed by atoms with Gasteiger partial charge < -0.3 is 0 Å². The quantitative estimate of drug-likeness (QED) is 0.516. The molecule has 1 aliphatic carbocycles. The number of alkyl halides is 1. The minimum atomic E-state index is 0.333. The summed E-state index contributed by atoms with van der Waals surface area (Å²) in [7, 11) is 0. The van der Waals surface area contributed by atoms with Gasteiger partial charge in [-0.1, -0.05) is 40.6 Å². The van der Waals surface area contributed by atoms with Gasteiger partial charge in [0, 0.05) is 11.8 Å². The highest BCUT2D eigenvalue weighted by molar-refractivity contribution is 9.09. The van der Waals surface area contributed by atoms with Gasteiger partial charge in [0.2, 0.25) is 0 Å². The summed E-state index contributed by atoms with van der Waals surface area (Å²) in [5, 5.41) is 1.05. The van der Waals surface area contributed by atoms with Crippen molar-refractivity contribution in [3.8, 4) is 0 Å². The Labute approximate surface area is 88.0 Å². The molecule has 0 aromatic rings. The van der Waals surface area contributed by atoms with E-state index in [1.54, 1.807) is 0 Å². The third-order valence-electron chi connectivity index (χ3n) is 2.17. The van der Waals surface area contributed by atoms with Gasteiger partial charge in [0.15, 0.2) is 5.78 Å². The molecule has 72 valence electrons. The SMILES string of the molecule is O=C(CCCCCBr)C1=CC=CC1. The van der Waals surface area contributed by atoms with Gasteiger partial charge in [-0.05, 0) is 24.8 Å². The monoisotopic (exact) mass is 242 g/mol. The lowest BCUT2D eigenvalue weighted by atomic mass is 10.0. The van der Waals surface area contributed by atoms with Crippen molar-refractivity contribution in [1.29, 1.82) is 0 Å². The van der Waals surface area contributed by atoms with E-state index in [0.29, 0.717) is 5.78 Å². The fourth-order valence-corrected chi connectivity index (χ4v) is 1.77. The van der Waals surface area contributed by atoms with Crippen LogP contribution in [0.5, 0.6) is 0 Å². The van der Waals surface area contributed by atoms with Crippen LogP contribution in [0, 0.1) is 0 Å². The first-order valence-electron chi connectivity index (χ1n) is 4.79. The van der Waals surface area contributed by atoms with Crippen LogP contribution >= 0.6 is 15.9 Å². The highest BCUT2D eigenvalue weighted by Gasteiger charge is 2.08. The van der Waals surface area contributed by atoms with Crippen molar-refractivity contribution in [2.45, 2.75) is 32.1 Å². The van der Waals surface area contributed by atoms with Gasteiger partial charge >= 0.3 is 0 Å². The number of hydrogen-bond donors (Lipinski definition) is 0. The summed E-state index contributed by atoms with van der Waals surface area (Å²) in [5.41, 5.74) is 0.985. The highest BCUT2D eigenvalue weighted by atomic mass is 79.9. The van der Waals surface area contributed by atoms with Gasteiger partial charge in [-0.25, -0.2) is 0 Å². The molecule has 0 saturated carbocycles. The van der Waals surface area contributed by atoms with Crippen LogP contribution in [0.2, 0.25) is 0 Å². The standard InChI is InChI=1S/C11H15BrO/c12-9-5-1-2-8-11(13)10-6-3-4-7-10/h3-4,6H,1-2,5,7-9H2. The van der Waals surface area contributed by atoms with Crippen LogP contribution in [0.4, 0.5) is 0 Å². The number of unbranched alkanes of at least 4 members (excludes halogenated alkanes) is 2. The molecular formula is C11H15BrO. The molecule has 0 aromatic carbocycles. The van der Waals surface area contributed by atoms with Crippen molar-refractivity contribution >= 4 is 21.7 Å². The molecule has 0 atom stereocenters. The van der Waals surface area contributed by atoms with Gasteiger partial charge in [0.05, 0.1) is 0 Å². The summed E-state index contributed by atoms with van der Waals surface area (Å²) in [4.78, 5) is 11.5. The van der Waals surface area contributed by atoms with Crippen molar-refractivity contribution in [2.24, 2.45) is 0 Å². The van der Waals surface area contributed by atoms with E-state index >= 15 is 0 Å². The summed E-state index contributed by atoms with van der Waals surface area (Å²) in [6, 6.07) is 0. The van der Waals surface area contributed by atoms with E-state index in [1.165, 1.54) is 6.42 Å². The van der Waals surface area contributed by atoms with Gasteiger partial charge in [0.1, 0.15) is 0 Å². The Balaban J connectivity index is 2.11. The maximum Gasteiger partial charge on any atom is 0.159 e. The van der Waals surface area contributed by atoms with Gasteiger partial charge in [-0.3, -0.25) is 4.79 Å². The van der Waals surface area contributed by atoms with Crippen LogP contribution in [-0.4, -0.2) is 11.1 Å². The number of ketones is 1. The number of halogens is 1. The third-order valence-corrected chi connectivity index (χ3v) is 2.73. The molecule has 1 nitrogen and oxygen atoms in total. The normalized spacial score (nSPS) is 14.7. The summed E-state index contributed by atoms with van der Waals surface area (Å²) in [6.45, 7) is 0. The van der Waals surface area contributed by atoms with Gasteiger partial charge in [0.25, 0.3) is 0 Å². The Hall–Kier alpha value is -0.370. The molecule has 2 heteroatoms. The Morgan fingerprint density at radius 3 is 2.85 bits per heavy atom. The van der Waals surface area contributed by atoms with Crippen LogP contribution < -0.4 is 0 Å². The maximum atomic E-state index is 11.5. The Kier molecular flexibility index (Phi) is 5.06. The molecule has 1 aliphatic rings. The van der Waals surface area contributed by atoms with Crippen LogP contribution in [0.1, 0.15) is 32.1 Å². The molecule has 0 N–H and O–H groups in total. The summed E-state index contributed by atoms with van der Waals surface area (Å²) in [6.07, 6.45) is 10.9. The smallest absolute Gasteiger partial charge is 0.159 e. The van der Waals surface area contributed by atoms with Crippen LogP contribution in [0.15, 0.2) is 23.8 Å². The first-order chi connectivity index (χ1) is 6.34. The van der Waals surface area contributed by atoms with E-state index in [2.05, 4.69) is 15.9 Å². The van der Waals surface area contributed by atoms with E-state index in [1.807, 2.05) is 18.2 Å². The molecule has 0 amide bonds. The fourth-order valence-electron chi connectivity index (χ4n) is 1.37. The number of carbonyl (C=O) groups excluding carboxylic acids is 1. The molecule has 0 aromatic heterocycles. The number of Topliss-reactive ketones (excluding diaryl/α,β-unsaturated/α-hetero) is 1. The van der Waals surface area contributed by atoms with Crippen LogP contribution in [0.25, 0.3) is 0 Å². The number of hydrogen-bond acceptors (Lipinski definition) is 1. The first-order valence-corrected chi connectivity index (χ1v) is 5.91. The lowest BCUT2D eigenvalue weighted by molar-refractivity contribution is -0.115. The highest BCUT2D eigenvalue weighted by Crippen LogP contribution is 2.15. The van der Waals surface area contributed by atoms with Gasteiger partial charge in [-0.15, -0.1) is 0 Å². The average molecular weight is 243 g/mol. The predicted octanol–water partition coefficient (Wildman–Crippen LogP) is 3.40. The van der Waals surface area contributed by atoms with Crippen molar-refractivity contribution < 1.29 is 4.79 Å². The summed E-state index contributed by atoms with van der Waals surface area (Å²) in [5.74, 6) is 0.333. The molecular weight excluding hydrogens is 228 g/mol. The zero-order valence-electron chi connectivity index (χ0n) is 7.76. The molecule has 0 spiro atoms. The van der Waals surface area contributed by atoms with Crippen molar-refractivity contribution in [1.82, 2.24) is 0 Å². The van der Waals surface area contributed by atoms with E-state index in [9.17, 15) is 4.79 Å². The van der Waals surface area contributed by atoms with Crippen LogP contribution in [0.3, 0.4) is 0 Å². The lowest BCUT2D eigenvalue weighted by Gasteiger charge is -2.00. The molecule has 13 heavy (non-hydrogen) atoms. The molecule has 0 aliphatic heterocycles. The Morgan fingerprint density at radius 2 is 2.23 bits per heavy atom. The van der Waals surface area contributed by atoms with Crippen molar-refractivity contribution in [3.05, 3.63) is 23.8 Å². The van der Waals surface area contributed by atoms with E-state index in [-0.39, 0.29) is 0 Å². The molecule has 0 saturated heterocycles. The minimum absolute atomic E-state index is 0.333. The second-order valence-corrected chi connectivity index (χ2v) is 4.04. The predicted molar refractivity (Wildman–Crippen MR) is 59.1 cm³/mol. The second-order valence-electron chi connectivity index (χ2n) is 3.25. The molecule has 0 bridgehead atoms. The van der Waals surface area contributed by atoms with E-state index < -0.39 is 0 Å². The number of allylic oxidation sites excluding steroid dienone is 4. The third kappa shape index (κ3) is 3.90. The molecule has 0 fully saturated rings.